The van der Waals surface area contributed by atoms with E-state index in [4.69, 9.17) is 4.74 Å². The second kappa shape index (κ2) is 4.30. The van der Waals surface area contributed by atoms with Crippen LogP contribution in [-0.4, -0.2) is 0 Å². The minimum Gasteiger partial charge on any atom is -0.453 e. The maximum atomic E-state index is 5.56. The van der Waals surface area contributed by atoms with Crippen LogP contribution in [0.15, 0.2) is 48.5 Å². The van der Waals surface area contributed by atoms with Crippen molar-refractivity contribution < 1.29 is 4.74 Å². The summed E-state index contributed by atoms with van der Waals surface area (Å²) in [5, 5.41) is 0. The van der Waals surface area contributed by atoms with Crippen LogP contribution in [-0.2, 0) is 6.42 Å². The third kappa shape index (κ3) is 1.71. The molecule has 4 rings (SSSR count). The van der Waals surface area contributed by atoms with E-state index in [1.165, 1.54) is 24.0 Å². The summed E-state index contributed by atoms with van der Waals surface area (Å²) in [4.78, 5) is 2.16. The van der Waals surface area contributed by atoms with E-state index >= 15 is 0 Å². The average molecular weight is 249 g/mol. The first-order chi connectivity index (χ1) is 9.43. The molecule has 2 aromatic carbocycles. The van der Waals surface area contributed by atoms with Crippen LogP contribution in [0.4, 0.5) is 5.69 Å². The molecule has 0 amide bonds. The number of nitrogens with zero attached hydrogens (tertiary/aromatic N) is 1. The van der Waals surface area contributed by atoms with Gasteiger partial charge < -0.3 is 9.64 Å². The molecule has 0 bridgehead atoms. The molecule has 1 unspecified atom stereocenters. The summed E-state index contributed by atoms with van der Waals surface area (Å²) >= 11 is 0. The number of fused-ring (bicyclic) bond motifs is 2. The summed E-state index contributed by atoms with van der Waals surface area (Å²) in [5.74, 6) is 0.908. The topological polar surface area (TPSA) is 12.5 Å². The molecule has 1 atom stereocenters. The van der Waals surface area contributed by atoms with Gasteiger partial charge in [0.15, 0.2) is 0 Å². The molecule has 19 heavy (non-hydrogen) atoms. The van der Waals surface area contributed by atoms with Crippen LogP contribution >= 0.6 is 0 Å². The molecule has 0 saturated carbocycles. The summed E-state index contributed by atoms with van der Waals surface area (Å²) in [7, 11) is 0. The molecule has 1 aliphatic heterocycles. The molecule has 2 heteroatoms. The van der Waals surface area contributed by atoms with E-state index in [-0.39, 0.29) is 0 Å². The van der Waals surface area contributed by atoms with Crippen LogP contribution in [0.5, 0.6) is 5.75 Å². The van der Waals surface area contributed by atoms with Crippen molar-refractivity contribution in [2.24, 2.45) is 0 Å². The fourth-order valence-corrected chi connectivity index (χ4v) is 3.12. The van der Waals surface area contributed by atoms with Gasteiger partial charge in [0.05, 0.1) is 11.7 Å². The Morgan fingerprint density at radius 1 is 1.05 bits per heavy atom. The van der Waals surface area contributed by atoms with Crippen molar-refractivity contribution in [3.63, 3.8) is 0 Å². The van der Waals surface area contributed by atoms with Gasteiger partial charge in [0.2, 0.25) is 0 Å². The fourth-order valence-electron chi connectivity index (χ4n) is 3.12. The highest BCUT2D eigenvalue weighted by atomic mass is 16.5. The fraction of sp³-hybridized carbons (Fsp3) is 0.235. The standard InChI is InChI=1S/C17H15NO/c1-2-8-14-13(6-1)7-5-10-15(14)18-12-19-17-11-4-3-9-16(17)18/h1-4,6,8-9,11,15H,5,7,10H2. The van der Waals surface area contributed by atoms with Crippen molar-refractivity contribution >= 4 is 5.69 Å². The van der Waals surface area contributed by atoms with Crippen molar-refractivity contribution in [2.75, 3.05) is 4.90 Å². The van der Waals surface area contributed by atoms with Gasteiger partial charge in [0.1, 0.15) is 5.75 Å². The minimum absolute atomic E-state index is 0.355. The second-order valence-corrected chi connectivity index (χ2v) is 5.14. The molecule has 2 radical (unpaired) electrons. The van der Waals surface area contributed by atoms with E-state index in [0.29, 0.717) is 6.04 Å². The maximum Gasteiger partial charge on any atom is 0.316 e. The van der Waals surface area contributed by atoms with Gasteiger partial charge in [0, 0.05) is 0 Å². The van der Waals surface area contributed by atoms with Gasteiger partial charge in [0.25, 0.3) is 0 Å². The van der Waals surface area contributed by atoms with Crippen molar-refractivity contribution in [2.45, 2.75) is 25.3 Å². The molecule has 2 aromatic rings. The highest BCUT2D eigenvalue weighted by Gasteiger charge is 2.32. The number of aryl methyl sites for hydroxylation is 1. The molecule has 1 aliphatic carbocycles. The van der Waals surface area contributed by atoms with E-state index in [2.05, 4.69) is 48.0 Å². The molecule has 0 N–H and O–H groups in total. The maximum absolute atomic E-state index is 5.56. The van der Waals surface area contributed by atoms with Gasteiger partial charge in [-0.1, -0.05) is 36.4 Å². The smallest absolute Gasteiger partial charge is 0.316 e. The minimum atomic E-state index is 0.355. The van der Waals surface area contributed by atoms with Gasteiger partial charge >= 0.3 is 6.73 Å². The molecular weight excluding hydrogens is 234 g/mol. The van der Waals surface area contributed by atoms with Crippen molar-refractivity contribution in [3.05, 3.63) is 66.4 Å². The van der Waals surface area contributed by atoms with Crippen LogP contribution < -0.4 is 9.64 Å². The Bertz CT molecular complexity index is 608. The van der Waals surface area contributed by atoms with Crippen molar-refractivity contribution in [1.82, 2.24) is 0 Å². The second-order valence-electron chi connectivity index (χ2n) is 5.14. The van der Waals surface area contributed by atoms with E-state index < -0.39 is 0 Å². The van der Waals surface area contributed by atoms with E-state index in [1.807, 2.05) is 12.1 Å². The molecule has 2 nitrogen and oxygen atoms in total. The lowest BCUT2D eigenvalue weighted by molar-refractivity contribution is 0.404. The number of para-hydroxylation sites is 2. The van der Waals surface area contributed by atoms with Gasteiger partial charge in [-0.15, -0.1) is 0 Å². The monoisotopic (exact) mass is 249 g/mol. The number of ether oxygens (including phenoxy) is 1. The Kier molecular flexibility index (Phi) is 2.47. The zero-order valence-corrected chi connectivity index (χ0v) is 10.7. The summed E-state index contributed by atoms with van der Waals surface area (Å²) in [6, 6.07) is 17.2. The Hall–Kier alpha value is -1.96. The zero-order valence-electron chi connectivity index (χ0n) is 10.7. The number of hydrogen-bond donors (Lipinski definition) is 0. The lowest BCUT2D eigenvalue weighted by atomic mass is 9.87. The summed E-state index contributed by atoms with van der Waals surface area (Å²) in [6.07, 6.45) is 3.56. The first-order valence-electron chi connectivity index (χ1n) is 6.82. The Morgan fingerprint density at radius 3 is 2.89 bits per heavy atom. The van der Waals surface area contributed by atoms with Gasteiger partial charge in [-0.3, -0.25) is 0 Å². The van der Waals surface area contributed by atoms with Crippen LogP contribution in [0.1, 0.15) is 30.0 Å². The van der Waals surface area contributed by atoms with E-state index in [0.717, 1.165) is 17.9 Å². The first-order valence-corrected chi connectivity index (χ1v) is 6.82. The lowest BCUT2D eigenvalue weighted by Gasteiger charge is -2.32. The largest absolute Gasteiger partial charge is 0.453 e. The molecule has 0 saturated heterocycles. The highest BCUT2D eigenvalue weighted by molar-refractivity contribution is 5.64. The quantitative estimate of drug-likeness (QED) is 0.758. The summed E-state index contributed by atoms with van der Waals surface area (Å²) in [5.41, 5.74) is 4.01. The molecule has 2 aliphatic rings. The Balaban J connectivity index is 1.76. The number of anilines is 1. The molecule has 0 spiro atoms. The highest BCUT2D eigenvalue weighted by Crippen LogP contribution is 2.44. The third-order valence-corrected chi connectivity index (χ3v) is 4.03. The van der Waals surface area contributed by atoms with E-state index in [9.17, 15) is 0 Å². The van der Waals surface area contributed by atoms with E-state index in [1.54, 1.807) is 0 Å². The third-order valence-electron chi connectivity index (χ3n) is 4.03. The van der Waals surface area contributed by atoms with Gasteiger partial charge in [-0.05, 0) is 42.5 Å². The summed E-state index contributed by atoms with van der Waals surface area (Å²) in [6.45, 7) is 3.07. The van der Waals surface area contributed by atoms with Gasteiger partial charge in [-0.25, -0.2) is 0 Å². The van der Waals surface area contributed by atoms with Crippen LogP contribution in [0.3, 0.4) is 0 Å². The Morgan fingerprint density at radius 2 is 1.89 bits per heavy atom. The number of benzene rings is 2. The molecule has 1 heterocycles. The number of hydrogen-bond acceptors (Lipinski definition) is 2. The average Bonchev–Trinajstić information content (AvgIpc) is 2.90. The SMILES string of the molecule is [C]1Oc2ccccc2N1C1CCCc2ccccc21. The molecular formula is C17H15NO. The first kappa shape index (κ1) is 10.9. The van der Waals surface area contributed by atoms with Crippen LogP contribution in [0.2, 0.25) is 0 Å². The predicted octanol–water partition coefficient (Wildman–Crippen LogP) is 3.96. The summed E-state index contributed by atoms with van der Waals surface area (Å²) < 4.78 is 5.56. The molecule has 94 valence electrons. The molecule has 0 aromatic heterocycles. The van der Waals surface area contributed by atoms with Crippen LogP contribution in [0.25, 0.3) is 0 Å². The number of rotatable bonds is 1. The zero-order chi connectivity index (χ0) is 12.7. The predicted molar refractivity (Wildman–Crippen MR) is 74.9 cm³/mol. The van der Waals surface area contributed by atoms with Crippen LogP contribution in [0, 0.1) is 6.73 Å². The normalized spacial score (nSPS) is 20.6. The molecule has 0 fully saturated rings. The lowest BCUT2D eigenvalue weighted by Crippen LogP contribution is -2.27. The Labute approximate surface area is 113 Å². The van der Waals surface area contributed by atoms with Crippen molar-refractivity contribution in [1.29, 1.82) is 0 Å². The van der Waals surface area contributed by atoms with Gasteiger partial charge in [-0.2, -0.15) is 0 Å². The van der Waals surface area contributed by atoms with Crippen molar-refractivity contribution in [3.8, 4) is 5.75 Å².